The molecule has 0 saturated heterocycles. The molecule has 1 aliphatic heterocycles. The average Bonchev–Trinajstić information content (AvgIpc) is 3.55. The summed E-state index contributed by atoms with van der Waals surface area (Å²) in [5, 5.41) is 2.06. The van der Waals surface area contributed by atoms with Crippen LogP contribution in [0.15, 0.2) is 58.5 Å². The molecule has 7 nitrogen and oxygen atoms in total. The number of hydrogen-bond acceptors (Lipinski definition) is 6. The maximum Gasteiger partial charge on any atom is 0.290 e. The first-order valence-corrected chi connectivity index (χ1v) is 12.3. The van der Waals surface area contributed by atoms with Crippen molar-refractivity contribution in [1.82, 2.24) is 9.80 Å². The zero-order valence-corrected chi connectivity index (χ0v) is 20.4. The van der Waals surface area contributed by atoms with E-state index in [4.69, 9.17) is 13.9 Å². The Morgan fingerprint density at radius 1 is 1.21 bits per heavy atom. The number of carbonyl (C=O) groups excluding carboxylic acids is 2. The number of furan rings is 1. The van der Waals surface area contributed by atoms with Gasteiger partial charge in [-0.15, -0.1) is 11.3 Å². The molecule has 180 valence electrons. The maximum atomic E-state index is 13.5. The van der Waals surface area contributed by atoms with Gasteiger partial charge in [0, 0.05) is 31.7 Å². The zero-order chi connectivity index (χ0) is 23.9. The molecule has 2 aromatic heterocycles. The molecule has 2 amide bonds. The number of rotatable bonds is 10. The molecular weight excluding hydrogens is 452 g/mol. The summed E-state index contributed by atoms with van der Waals surface area (Å²) in [7, 11) is 1.62. The zero-order valence-electron chi connectivity index (χ0n) is 19.6. The molecule has 34 heavy (non-hydrogen) atoms. The van der Waals surface area contributed by atoms with Crippen LogP contribution in [0.25, 0.3) is 0 Å². The Hall–Kier alpha value is -3.10. The molecule has 0 aliphatic carbocycles. The van der Waals surface area contributed by atoms with Crippen LogP contribution in [0.3, 0.4) is 0 Å². The standard InChI is InChI=1S/C26H30N2O5S/c1-19-6-8-20(9-7-19)33-18-22-21-11-16-34-24(21)10-13-28(22)25(29)17-27(12-4-14-31-2)26(30)23-5-3-15-32-23/h3,5-9,11,15-16,22H,4,10,12-14,17-18H2,1-2H3. The lowest BCUT2D eigenvalue weighted by Gasteiger charge is -2.37. The van der Waals surface area contributed by atoms with Gasteiger partial charge in [-0.05, 0) is 61.0 Å². The molecule has 0 bridgehead atoms. The third kappa shape index (κ3) is 5.69. The predicted molar refractivity (Wildman–Crippen MR) is 130 cm³/mol. The Morgan fingerprint density at radius 2 is 2.03 bits per heavy atom. The van der Waals surface area contributed by atoms with Gasteiger partial charge in [-0.25, -0.2) is 0 Å². The van der Waals surface area contributed by atoms with Crippen LogP contribution in [-0.2, 0) is 16.0 Å². The normalized spacial score (nSPS) is 15.1. The molecule has 1 aliphatic rings. The molecule has 0 saturated carbocycles. The van der Waals surface area contributed by atoms with E-state index in [-0.39, 0.29) is 30.2 Å². The van der Waals surface area contributed by atoms with E-state index in [0.717, 1.165) is 23.3 Å². The number of hydrogen-bond donors (Lipinski definition) is 0. The maximum absolute atomic E-state index is 13.5. The molecular formula is C26H30N2O5S. The third-order valence-electron chi connectivity index (χ3n) is 5.97. The van der Waals surface area contributed by atoms with Gasteiger partial charge in [0.25, 0.3) is 5.91 Å². The van der Waals surface area contributed by atoms with Crippen LogP contribution in [0, 0.1) is 6.92 Å². The topological polar surface area (TPSA) is 72.2 Å². The van der Waals surface area contributed by atoms with Crippen molar-refractivity contribution in [3.63, 3.8) is 0 Å². The Labute approximate surface area is 203 Å². The number of aryl methyl sites for hydroxylation is 1. The van der Waals surface area contributed by atoms with Gasteiger partial charge in [-0.3, -0.25) is 9.59 Å². The van der Waals surface area contributed by atoms with Gasteiger partial charge in [-0.2, -0.15) is 0 Å². The molecule has 1 atom stereocenters. The Balaban J connectivity index is 1.50. The van der Waals surface area contributed by atoms with Crippen molar-refractivity contribution in [1.29, 1.82) is 0 Å². The molecule has 1 aromatic carbocycles. The lowest BCUT2D eigenvalue weighted by atomic mass is 10.0. The minimum Gasteiger partial charge on any atom is -0.491 e. The van der Waals surface area contributed by atoms with Crippen molar-refractivity contribution in [2.45, 2.75) is 25.8 Å². The van der Waals surface area contributed by atoms with Gasteiger partial charge in [0.1, 0.15) is 18.9 Å². The van der Waals surface area contributed by atoms with Crippen molar-refractivity contribution >= 4 is 23.2 Å². The SMILES string of the molecule is COCCCN(CC(=O)N1CCc2sccc2C1COc1ccc(C)cc1)C(=O)c1ccco1. The van der Waals surface area contributed by atoms with Crippen molar-refractivity contribution < 1.29 is 23.5 Å². The lowest BCUT2D eigenvalue weighted by molar-refractivity contribution is -0.135. The summed E-state index contributed by atoms with van der Waals surface area (Å²) in [6.45, 7) is 3.87. The molecule has 0 N–H and O–H groups in total. The van der Waals surface area contributed by atoms with Crippen molar-refractivity contribution in [2.24, 2.45) is 0 Å². The number of nitrogens with zero attached hydrogens (tertiary/aromatic N) is 2. The molecule has 0 spiro atoms. The lowest BCUT2D eigenvalue weighted by Crippen LogP contribution is -2.48. The Bertz CT molecular complexity index is 1080. The minimum atomic E-state index is -0.296. The van der Waals surface area contributed by atoms with E-state index < -0.39 is 0 Å². The number of carbonyl (C=O) groups is 2. The fourth-order valence-electron chi connectivity index (χ4n) is 4.15. The monoisotopic (exact) mass is 482 g/mol. The molecule has 3 aromatic rings. The Kier molecular flexibility index (Phi) is 8.03. The minimum absolute atomic E-state index is 0.0241. The van der Waals surface area contributed by atoms with Crippen LogP contribution in [0.5, 0.6) is 5.75 Å². The van der Waals surface area contributed by atoms with Crippen LogP contribution in [-0.4, -0.2) is 61.6 Å². The van der Waals surface area contributed by atoms with Crippen LogP contribution in [0.2, 0.25) is 0 Å². The second-order valence-corrected chi connectivity index (χ2v) is 9.33. The van der Waals surface area contributed by atoms with E-state index in [2.05, 4.69) is 11.4 Å². The summed E-state index contributed by atoms with van der Waals surface area (Å²) < 4.78 is 16.5. The number of amides is 2. The largest absolute Gasteiger partial charge is 0.491 e. The second kappa shape index (κ2) is 11.4. The van der Waals surface area contributed by atoms with Crippen molar-refractivity contribution in [2.75, 3.05) is 40.0 Å². The van der Waals surface area contributed by atoms with E-state index in [1.54, 1.807) is 35.5 Å². The summed E-state index contributed by atoms with van der Waals surface area (Å²) in [6, 6.07) is 13.1. The van der Waals surface area contributed by atoms with Crippen LogP contribution in [0.4, 0.5) is 0 Å². The first-order valence-electron chi connectivity index (χ1n) is 11.4. The number of benzene rings is 1. The van der Waals surface area contributed by atoms with Gasteiger partial charge < -0.3 is 23.7 Å². The molecule has 3 heterocycles. The number of fused-ring (bicyclic) bond motifs is 1. The number of methoxy groups -OCH3 is 1. The summed E-state index contributed by atoms with van der Waals surface area (Å²) in [5.41, 5.74) is 2.29. The molecule has 4 rings (SSSR count). The van der Waals surface area contributed by atoms with Crippen molar-refractivity contribution in [3.05, 3.63) is 75.9 Å². The fourth-order valence-corrected chi connectivity index (χ4v) is 5.07. The Morgan fingerprint density at radius 3 is 2.76 bits per heavy atom. The quantitative estimate of drug-likeness (QED) is 0.402. The summed E-state index contributed by atoms with van der Waals surface area (Å²) in [6.07, 6.45) is 2.89. The highest BCUT2D eigenvalue weighted by atomic mass is 32.1. The molecule has 0 fully saturated rings. The van der Waals surface area contributed by atoms with E-state index in [9.17, 15) is 9.59 Å². The summed E-state index contributed by atoms with van der Waals surface area (Å²) in [5.74, 6) is 0.597. The number of ether oxygens (including phenoxy) is 2. The fraction of sp³-hybridized carbons (Fsp3) is 0.385. The highest BCUT2D eigenvalue weighted by Crippen LogP contribution is 2.34. The van der Waals surface area contributed by atoms with Crippen LogP contribution >= 0.6 is 11.3 Å². The second-order valence-electron chi connectivity index (χ2n) is 8.33. The highest BCUT2D eigenvalue weighted by molar-refractivity contribution is 7.10. The predicted octanol–water partition coefficient (Wildman–Crippen LogP) is 4.33. The van der Waals surface area contributed by atoms with Gasteiger partial charge in [0.15, 0.2) is 5.76 Å². The third-order valence-corrected chi connectivity index (χ3v) is 6.96. The van der Waals surface area contributed by atoms with Crippen LogP contribution in [0.1, 0.15) is 39.0 Å². The van der Waals surface area contributed by atoms with E-state index >= 15 is 0 Å². The van der Waals surface area contributed by atoms with Crippen LogP contribution < -0.4 is 4.74 Å². The number of thiophene rings is 1. The summed E-state index contributed by atoms with van der Waals surface area (Å²) >= 11 is 1.71. The highest BCUT2D eigenvalue weighted by Gasteiger charge is 2.34. The molecule has 0 radical (unpaired) electrons. The smallest absolute Gasteiger partial charge is 0.290 e. The van der Waals surface area contributed by atoms with E-state index in [0.29, 0.717) is 32.7 Å². The van der Waals surface area contributed by atoms with E-state index in [1.807, 2.05) is 36.1 Å². The van der Waals surface area contributed by atoms with Gasteiger partial charge in [0.2, 0.25) is 5.91 Å². The first-order chi connectivity index (χ1) is 16.6. The summed E-state index contributed by atoms with van der Waals surface area (Å²) in [4.78, 5) is 31.2. The first kappa shape index (κ1) is 24.0. The van der Waals surface area contributed by atoms with Gasteiger partial charge >= 0.3 is 0 Å². The van der Waals surface area contributed by atoms with E-state index in [1.165, 1.54) is 11.1 Å². The van der Waals surface area contributed by atoms with Crippen molar-refractivity contribution in [3.8, 4) is 5.75 Å². The molecule has 8 heteroatoms. The van der Waals surface area contributed by atoms with Gasteiger partial charge in [-0.1, -0.05) is 17.7 Å². The average molecular weight is 483 g/mol. The molecule has 1 unspecified atom stereocenters. The van der Waals surface area contributed by atoms with Gasteiger partial charge in [0.05, 0.1) is 12.3 Å².